The van der Waals surface area contributed by atoms with Crippen LogP contribution in [0.4, 0.5) is 0 Å². The van der Waals surface area contributed by atoms with Crippen LogP contribution in [-0.2, 0) is 4.74 Å². The lowest BCUT2D eigenvalue weighted by Gasteiger charge is -2.52. The number of ether oxygens (including phenoxy) is 1. The maximum absolute atomic E-state index is 10.7. The van der Waals surface area contributed by atoms with Gasteiger partial charge in [-0.25, -0.2) is 0 Å². The summed E-state index contributed by atoms with van der Waals surface area (Å²) < 4.78 is 5.40. The zero-order valence-corrected chi connectivity index (χ0v) is 8.80. The first-order valence-electron chi connectivity index (χ1n) is 5.73. The van der Waals surface area contributed by atoms with E-state index >= 15 is 0 Å². The van der Waals surface area contributed by atoms with Gasteiger partial charge in [-0.1, -0.05) is 6.42 Å². The van der Waals surface area contributed by atoms with E-state index in [1.807, 2.05) is 0 Å². The van der Waals surface area contributed by atoms with Gasteiger partial charge in [0.15, 0.2) is 0 Å². The summed E-state index contributed by atoms with van der Waals surface area (Å²) in [7, 11) is 0. The predicted molar refractivity (Wildman–Crippen MR) is 55.0 cm³/mol. The van der Waals surface area contributed by atoms with Gasteiger partial charge < -0.3 is 15.6 Å². The van der Waals surface area contributed by atoms with Gasteiger partial charge in [0.2, 0.25) is 0 Å². The van der Waals surface area contributed by atoms with Crippen molar-refractivity contribution in [1.82, 2.24) is 0 Å². The van der Waals surface area contributed by atoms with Crippen molar-refractivity contribution in [2.75, 3.05) is 19.8 Å². The van der Waals surface area contributed by atoms with Gasteiger partial charge in [-0.15, -0.1) is 0 Å². The van der Waals surface area contributed by atoms with Gasteiger partial charge in [-0.3, -0.25) is 0 Å². The summed E-state index contributed by atoms with van der Waals surface area (Å²) in [4.78, 5) is 0. The van der Waals surface area contributed by atoms with Gasteiger partial charge in [0.05, 0.1) is 5.60 Å². The summed E-state index contributed by atoms with van der Waals surface area (Å²) in [6, 6.07) is 0. The second-order valence-corrected chi connectivity index (χ2v) is 4.84. The second kappa shape index (κ2) is 3.80. The topological polar surface area (TPSA) is 55.5 Å². The molecule has 1 atom stereocenters. The average Bonchev–Trinajstić information content (AvgIpc) is 2.30. The van der Waals surface area contributed by atoms with E-state index < -0.39 is 5.60 Å². The predicted octanol–water partition coefficient (Wildman–Crippen LogP) is 1.05. The van der Waals surface area contributed by atoms with Crippen LogP contribution in [0.15, 0.2) is 0 Å². The van der Waals surface area contributed by atoms with Crippen LogP contribution in [0.25, 0.3) is 0 Å². The molecule has 0 bridgehead atoms. The first kappa shape index (κ1) is 10.4. The Hall–Kier alpha value is -0.120. The number of rotatable bonds is 2. The highest BCUT2D eigenvalue weighted by Crippen LogP contribution is 2.52. The van der Waals surface area contributed by atoms with E-state index in [9.17, 15) is 5.11 Å². The van der Waals surface area contributed by atoms with Crippen LogP contribution in [0.3, 0.4) is 0 Å². The van der Waals surface area contributed by atoms with Crippen LogP contribution in [0.5, 0.6) is 0 Å². The zero-order valence-electron chi connectivity index (χ0n) is 8.80. The van der Waals surface area contributed by atoms with E-state index in [2.05, 4.69) is 0 Å². The van der Waals surface area contributed by atoms with Crippen molar-refractivity contribution in [3.05, 3.63) is 0 Å². The minimum atomic E-state index is -0.545. The van der Waals surface area contributed by atoms with Crippen LogP contribution in [0, 0.1) is 5.41 Å². The first-order valence-corrected chi connectivity index (χ1v) is 5.73. The van der Waals surface area contributed by atoms with E-state index in [-0.39, 0.29) is 5.41 Å². The van der Waals surface area contributed by atoms with Gasteiger partial charge in [-0.05, 0) is 25.7 Å². The summed E-state index contributed by atoms with van der Waals surface area (Å²) >= 11 is 0. The largest absolute Gasteiger partial charge is 0.389 e. The third-order valence-corrected chi connectivity index (χ3v) is 4.23. The molecule has 0 aromatic carbocycles. The molecule has 0 aromatic rings. The van der Waals surface area contributed by atoms with E-state index in [0.717, 1.165) is 38.7 Å². The maximum Gasteiger partial charge on any atom is 0.0738 e. The molecular weight excluding hydrogens is 178 g/mol. The van der Waals surface area contributed by atoms with Crippen LogP contribution >= 0.6 is 0 Å². The van der Waals surface area contributed by atoms with Crippen molar-refractivity contribution in [2.45, 2.75) is 44.1 Å². The lowest BCUT2D eigenvalue weighted by molar-refractivity contribution is -0.132. The van der Waals surface area contributed by atoms with Crippen LogP contribution in [-0.4, -0.2) is 30.5 Å². The van der Waals surface area contributed by atoms with Crippen molar-refractivity contribution in [3.63, 3.8) is 0 Å². The molecule has 0 spiro atoms. The fourth-order valence-electron chi connectivity index (χ4n) is 2.93. The van der Waals surface area contributed by atoms with Gasteiger partial charge in [0.1, 0.15) is 0 Å². The molecule has 1 saturated heterocycles. The maximum atomic E-state index is 10.7. The van der Waals surface area contributed by atoms with Crippen molar-refractivity contribution < 1.29 is 9.84 Å². The summed E-state index contributed by atoms with van der Waals surface area (Å²) in [6.07, 6.45) is 6.02. The van der Waals surface area contributed by atoms with Crippen LogP contribution < -0.4 is 5.73 Å². The molecular formula is C11H21NO2. The fraction of sp³-hybridized carbons (Fsp3) is 1.00. The van der Waals surface area contributed by atoms with Crippen LogP contribution in [0.2, 0.25) is 0 Å². The molecule has 0 aromatic heterocycles. The van der Waals surface area contributed by atoms with Crippen molar-refractivity contribution >= 4 is 0 Å². The molecule has 3 N–H and O–H groups in total. The molecule has 14 heavy (non-hydrogen) atoms. The van der Waals surface area contributed by atoms with Crippen molar-refractivity contribution in [3.8, 4) is 0 Å². The Bertz CT molecular complexity index is 188. The van der Waals surface area contributed by atoms with Gasteiger partial charge >= 0.3 is 0 Å². The summed E-state index contributed by atoms with van der Waals surface area (Å²) in [5, 5.41) is 10.7. The Kier molecular flexibility index (Phi) is 2.82. The Balaban J connectivity index is 2.11. The number of hydrogen-bond donors (Lipinski definition) is 2. The number of aliphatic hydroxyl groups is 1. The summed E-state index contributed by atoms with van der Waals surface area (Å²) in [5.74, 6) is 0. The first-order chi connectivity index (χ1) is 6.72. The highest BCUT2D eigenvalue weighted by molar-refractivity contribution is 5.04. The molecule has 82 valence electrons. The summed E-state index contributed by atoms with van der Waals surface area (Å²) in [6.45, 7) is 2.12. The number of nitrogens with two attached hydrogens (primary N) is 1. The Morgan fingerprint density at radius 2 is 1.86 bits per heavy atom. The highest BCUT2D eigenvalue weighted by Gasteiger charge is 2.52. The zero-order chi connectivity index (χ0) is 10.1. The lowest BCUT2D eigenvalue weighted by Crippen LogP contribution is -2.56. The average molecular weight is 199 g/mol. The molecule has 2 fully saturated rings. The SMILES string of the molecule is NCC1(C2(O)CCCOCC2)CCC1. The van der Waals surface area contributed by atoms with Gasteiger partial charge in [-0.2, -0.15) is 0 Å². The monoisotopic (exact) mass is 199 g/mol. The van der Waals surface area contributed by atoms with E-state index in [1.54, 1.807) is 0 Å². The third-order valence-electron chi connectivity index (χ3n) is 4.23. The molecule has 2 aliphatic rings. The van der Waals surface area contributed by atoms with E-state index in [1.165, 1.54) is 6.42 Å². The van der Waals surface area contributed by atoms with Gasteiger partial charge in [0, 0.05) is 31.6 Å². The lowest BCUT2D eigenvalue weighted by atomic mass is 9.56. The molecule has 0 radical (unpaired) electrons. The third kappa shape index (κ3) is 1.47. The highest BCUT2D eigenvalue weighted by atomic mass is 16.5. The quantitative estimate of drug-likeness (QED) is 0.699. The Labute approximate surface area is 85.6 Å². The van der Waals surface area contributed by atoms with Gasteiger partial charge in [0.25, 0.3) is 0 Å². The molecule has 2 rings (SSSR count). The second-order valence-electron chi connectivity index (χ2n) is 4.84. The van der Waals surface area contributed by atoms with E-state index in [4.69, 9.17) is 10.5 Å². The minimum absolute atomic E-state index is 0.0146. The Morgan fingerprint density at radius 3 is 2.43 bits per heavy atom. The van der Waals surface area contributed by atoms with Crippen molar-refractivity contribution in [1.29, 1.82) is 0 Å². The molecule has 1 aliphatic heterocycles. The fourth-order valence-corrected chi connectivity index (χ4v) is 2.93. The molecule has 0 amide bonds. The smallest absolute Gasteiger partial charge is 0.0738 e. The molecule has 1 saturated carbocycles. The normalized spacial score (nSPS) is 37.3. The molecule has 1 heterocycles. The van der Waals surface area contributed by atoms with E-state index in [0.29, 0.717) is 13.2 Å². The van der Waals surface area contributed by atoms with Crippen molar-refractivity contribution in [2.24, 2.45) is 11.1 Å². The molecule has 1 aliphatic carbocycles. The van der Waals surface area contributed by atoms with Crippen LogP contribution in [0.1, 0.15) is 38.5 Å². The minimum Gasteiger partial charge on any atom is -0.389 e. The Morgan fingerprint density at radius 1 is 1.07 bits per heavy atom. The number of hydrogen-bond acceptors (Lipinski definition) is 3. The molecule has 3 heteroatoms. The standard InChI is InChI=1S/C11H21NO2/c12-9-10(3-1-4-10)11(13)5-2-7-14-8-6-11/h13H,1-9,12H2. The molecule has 3 nitrogen and oxygen atoms in total. The molecule has 1 unspecified atom stereocenters. The summed E-state index contributed by atoms with van der Waals surface area (Å²) in [5.41, 5.74) is 5.30.